The second kappa shape index (κ2) is 11.6. The van der Waals surface area contributed by atoms with Crippen molar-refractivity contribution in [2.75, 3.05) is 46.0 Å². The lowest BCUT2D eigenvalue weighted by molar-refractivity contribution is -0.171. The molecule has 2 aliphatic heterocycles. The molecule has 3 aliphatic rings. The Balaban J connectivity index is 0.000000968. The van der Waals surface area contributed by atoms with E-state index in [1.807, 2.05) is 31.0 Å². The van der Waals surface area contributed by atoms with Crippen LogP contribution < -0.4 is 0 Å². The van der Waals surface area contributed by atoms with Gasteiger partial charge >= 0.3 is 5.97 Å². The van der Waals surface area contributed by atoms with Crippen LogP contribution >= 0.6 is 0 Å². The van der Waals surface area contributed by atoms with E-state index in [2.05, 4.69) is 10.00 Å². The third-order valence-electron chi connectivity index (χ3n) is 7.15. The summed E-state index contributed by atoms with van der Waals surface area (Å²) in [6.45, 7) is 8.79. The topological polar surface area (TPSA) is 114 Å². The van der Waals surface area contributed by atoms with E-state index in [-0.39, 0.29) is 30.8 Å². The Bertz CT molecular complexity index is 809. The van der Waals surface area contributed by atoms with E-state index in [1.54, 1.807) is 4.68 Å². The number of ether oxygens (including phenoxy) is 2. The van der Waals surface area contributed by atoms with E-state index in [9.17, 15) is 9.59 Å². The Kier molecular flexibility index (Phi) is 8.85. The molecule has 3 fully saturated rings. The lowest BCUT2D eigenvalue weighted by atomic mass is 9.61. The quantitative estimate of drug-likeness (QED) is 0.510. The largest absolute Gasteiger partial charge is 0.483 e. The van der Waals surface area contributed by atoms with E-state index < -0.39 is 5.41 Å². The predicted octanol–water partition coefficient (Wildman–Crippen LogP) is 1.18. The molecular formula is C23H36N4O6. The highest BCUT2D eigenvalue weighted by Gasteiger charge is 2.54. The van der Waals surface area contributed by atoms with Crippen LogP contribution in [0.15, 0.2) is 12.3 Å². The molecular weight excluding hydrogens is 428 g/mol. The highest BCUT2D eigenvalue weighted by atomic mass is 16.5. The average molecular weight is 465 g/mol. The summed E-state index contributed by atoms with van der Waals surface area (Å²) in [6.07, 6.45) is 5.43. The monoisotopic (exact) mass is 464 g/mol. The minimum atomic E-state index is -0.577. The molecule has 1 amide bonds. The van der Waals surface area contributed by atoms with Gasteiger partial charge in [-0.1, -0.05) is 0 Å². The fraction of sp³-hybridized carbons (Fsp3) is 0.739. The third kappa shape index (κ3) is 5.92. The van der Waals surface area contributed by atoms with Crippen LogP contribution in [0.4, 0.5) is 0 Å². The molecule has 10 nitrogen and oxygen atoms in total. The zero-order chi connectivity index (χ0) is 23.8. The molecule has 0 radical (unpaired) electrons. The first-order valence-electron chi connectivity index (χ1n) is 11.8. The van der Waals surface area contributed by atoms with Crippen LogP contribution in [0.2, 0.25) is 0 Å². The Morgan fingerprint density at radius 1 is 1.30 bits per heavy atom. The minimum Gasteiger partial charge on any atom is -0.483 e. The molecule has 0 aromatic carbocycles. The van der Waals surface area contributed by atoms with Gasteiger partial charge in [0.25, 0.3) is 6.47 Å². The summed E-state index contributed by atoms with van der Waals surface area (Å²) in [5, 5.41) is 11.2. The van der Waals surface area contributed by atoms with Crippen LogP contribution in [-0.2, 0) is 30.4 Å². The Morgan fingerprint density at radius 2 is 2.03 bits per heavy atom. The molecule has 0 spiro atoms. The molecule has 3 heterocycles. The number of hydrogen-bond acceptors (Lipinski definition) is 7. The number of esters is 1. The lowest BCUT2D eigenvalue weighted by Crippen LogP contribution is -2.60. The van der Waals surface area contributed by atoms with Gasteiger partial charge in [-0.25, -0.2) is 0 Å². The third-order valence-corrected chi connectivity index (χ3v) is 7.15. The number of carbonyl (C=O) groups excluding carboxylic acids is 2. The van der Waals surface area contributed by atoms with Gasteiger partial charge in [0, 0.05) is 38.4 Å². The number of aryl methyl sites for hydroxylation is 1. The number of likely N-dealkylation sites (tertiary alicyclic amines) is 1. The second-order valence-corrected chi connectivity index (χ2v) is 9.01. The normalized spacial score (nSPS) is 27.6. The zero-order valence-electron chi connectivity index (χ0n) is 19.6. The smallest absolute Gasteiger partial charge is 0.314 e. The Labute approximate surface area is 194 Å². The number of amides is 1. The molecule has 3 atom stereocenters. The summed E-state index contributed by atoms with van der Waals surface area (Å²) in [6, 6.07) is 2.39. The second-order valence-electron chi connectivity index (χ2n) is 9.01. The van der Waals surface area contributed by atoms with Crippen LogP contribution in [0.25, 0.3) is 0 Å². The van der Waals surface area contributed by atoms with Crippen LogP contribution in [0.3, 0.4) is 0 Å². The molecule has 1 aromatic rings. The molecule has 1 aromatic heterocycles. The maximum absolute atomic E-state index is 13.2. The first kappa shape index (κ1) is 25.2. The first-order chi connectivity index (χ1) is 15.9. The van der Waals surface area contributed by atoms with Gasteiger partial charge in [-0.2, -0.15) is 5.10 Å². The van der Waals surface area contributed by atoms with Crippen molar-refractivity contribution in [3.63, 3.8) is 0 Å². The molecule has 1 saturated carbocycles. The van der Waals surface area contributed by atoms with Crippen molar-refractivity contribution in [2.24, 2.45) is 11.3 Å². The van der Waals surface area contributed by atoms with E-state index in [1.165, 1.54) is 0 Å². The first-order valence-corrected chi connectivity index (χ1v) is 11.8. The summed E-state index contributed by atoms with van der Waals surface area (Å²) in [5.41, 5.74) is 0.318. The molecule has 2 saturated heterocycles. The van der Waals surface area contributed by atoms with Crippen LogP contribution in [0.1, 0.15) is 38.3 Å². The van der Waals surface area contributed by atoms with E-state index >= 15 is 0 Å². The number of hydrogen-bond donors (Lipinski definition) is 1. The maximum atomic E-state index is 13.2. The summed E-state index contributed by atoms with van der Waals surface area (Å²) >= 11 is 0. The van der Waals surface area contributed by atoms with Gasteiger partial charge in [-0.05, 0) is 51.5 Å². The van der Waals surface area contributed by atoms with Crippen LogP contribution in [0, 0.1) is 18.3 Å². The molecule has 0 bridgehead atoms. The maximum Gasteiger partial charge on any atom is 0.314 e. The summed E-state index contributed by atoms with van der Waals surface area (Å²) in [5.74, 6) is 0.160. The SMILES string of the molecule is CCOC(=O)[C@@]12CC[C@@H](N3CCOCC3)C[C@H]1CCN(C(=O)Cn1ccc(C)n1)C2.O=CO. The molecule has 1 N–H and O–H groups in total. The van der Waals surface area contributed by atoms with Gasteiger partial charge in [-0.15, -0.1) is 0 Å². The van der Waals surface area contributed by atoms with Crippen molar-refractivity contribution < 1.29 is 29.0 Å². The summed E-state index contributed by atoms with van der Waals surface area (Å²) < 4.78 is 12.7. The number of carboxylic acid groups (broad SMARTS) is 1. The number of rotatable bonds is 5. The Morgan fingerprint density at radius 3 is 2.67 bits per heavy atom. The fourth-order valence-electron chi connectivity index (χ4n) is 5.52. The molecule has 4 rings (SSSR count). The summed E-state index contributed by atoms with van der Waals surface area (Å²) in [7, 11) is 0. The van der Waals surface area contributed by atoms with Gasteiger partial charge < -0.3 is 19.5 Å². The molecule has 0 unspecified atom stereocenters. The van der Waals surface area contributed by atoms with E-state index in [4.69, 9.17) is 19.4 Å². The van der Waals surface area contributed by atoms with Gasteiger partial charge in [0.1, 0.15) is 6.54 Å². The zero-order valence-corrected chi connectivity index (χ0v) is 19.6. The standard InChI is InChI=1S/C22H34N4O4.CH2O2/c1-3-30-21(28)22-7-4-19(24-10-12-29-13-11-24)14-18(22)6-8-25(16-22)20(27)15-26-9-5-17(2)23-26;2-1-3/h5,9,18-19H,3-4,6-8,10-16H2,1-2H3;1H,(H,2,3)/t18-,19-,22-;/m1./s1. The summed E-state index contributed by atoms with van der Waals surface area (Å²) in [4.78, 5) is 38.9. The van der Waals surface area contributed by atoms with Crippen molar-refractivity contribution >= 4 is 18.3 Å². The number of fused-ring (bicyclic) bond motifs is 1. The van der Waals surface area contributed by atoms with Gasteiger partial charge in [0.05, 0.1) is 30.9 Å². The van der Waals surface area contributed by atoms with Crippen LogP contribution in [0.5, 0.6) is 0 Å². The number of aromatic nitrogens is 2. The van der Waals surface area contributed by atoms with Gasteiger partial charge in [0.15, 0.2) is 0 Å². The van der Waals surface area contributed by atoms with Crippen molar-refractivity contribution in [1.82, 2.24) is 19.6 Å². The van der Waals surface area contributed by atoms with Crippen LogP contribution in [-0.4, -0.2) is 95.1 Å². The van der Waals surface area contributed by atoms with E-state index in [0.29, 0.717) is 25.7 Å². The molecule has 1 aliphatic carbocycles. The minimum absolute atomic E-state index is 0.0236. The van der Waals surface area contributed by atoms with Gasteiger partial charge in [0.2, 0.25) is 5.91 Å². The number of nitrogens with zero attached hydrogens (tertiary/aromatic N) is 4. The van der Waals surface area contributed by atoms with Gasteiger partial charge in [-0.3, -0.25) is 24.0 Å². The van der Waals surface area contributed by atoms with Crippen molar-refractivity contribution in [1.29, 1.82) is 0 Å². The predicted molar refractivity (Wildman–Crippen MR) is 119 cm³/mol. The highest BCUT2D eigenvalue weighted by Crippen LogP contribution is 2.48. The number of morpholine rings is 1. The van der Waals surface area contributed by atoms with Crippen molar-refractivity contribution in [2.45, 2.75) is 52.1 Å². The fourth-order valence-corrected chi connectivity index (χ4v) is 5.52. The van der Waals surface area contributed by atoms with E-state index in [0.717, 1.165) is 57.7 Å². The number of carbonyl (C=O) groups is 3. The number of piperidine rings is 1. The average Bonchev–Trinajstić information content (AvgIpc) is 3.23. The highest BCUT2D eigenvalue weighted by molar-refractivity contribution is 5.81. The van der Waals surface area contributed by atoms with Crippen molar-refractivity contribution in [3.8, 4) is 0 Å². The lowest BCUT2D eigenvalue weighted by Gasteiger charge is -2.52. The van der Waals surface area contributed by atoms with Crippen molar-refractivity contribution in [3.05, 3.63) is 18.0 Å². The molecule has 33 heavy (non-hydrogen) atoms. The molecule has 10 heteroatoms. The Hall–Kier alpha value is -2.46. The molecule has 184 valence electrons.